The van der Waals surface area contributed by atoms with Gasteiger partial charge in [-0.1, -0.05) is 0 Å². The Kier molecular flexibility index (Phi) is 5.55. The third kappa shape index (κ3) is 4.04. The minimum Gasteiger partial charge on any atom is -0.480 e. The monoisotopic (exact) mass is 491 g/mol. The molecule has 1 amide bonds. The van der Waals surface area contributed by atoms with Crippen LogP contribution in [-0.4, -0.2) is 56.0 Å². The molecule has 1 saturated carbocycles. The number of nitrogens with zero attached hydrogens (tertiary/aromatic N) is 3. The molecule has 10 heteroatoms. The number of pyridine rings is 3. The highest BCUT2D eigenvalue weighted by atomic mass is 16.5. The molecule has 0 radical (unpaired) electrons. The Morgan fingerprint density at radius 2 is 1.92 bits per heavy atom. The molecule has 4 aliphatic rings. The summed E-state index contributed by atoms with van der Waals surface area (Å²) in [4.78, 5) is 33.3. The summed E-state index contributed by atoms with van der Waals surface area (Å²) in [6, 6.07) is 10.8. The number of aliphatic hydroxyl groups is 1. The van der Waals surface area contributed by atoms with Gasteiger partial charge in [0.1, 0.15) is 11.8 Å². The van der Waals surface area contributed by atoms with E-state index in [4.69, 9.17) is 9.47 Å². The summed E-state index contributed by atoms with van der Waals surface area (Å²) in [5, 5.41) is 18.5. The molecule has 1 atom stereocenters. The van der Waals surface area contributed by atoms with Crippen molar-refractivity contribution < 1.29 is 19.4 Å². The summed E-state index contributed by atoms with van der Waals surface area (Å²) < 4.78 is 13.3. The molecule has 3 fully saturated rings. The molecule has 36 heavy (non-hydrogen) atoms. The van der Waals surface area contributed by atoms with Crippen molar-refractivity contribution in [3.8, 4) is 5.75 Å². The lowest BCUT2D eigenvalue weighted by atomic mass is 9.69. The number of hydrogen-bond donors (Lipinski definition) is 3. The first-order valence-corrected chi connectivity index (χ1v) is 12.3. The molecule has 3 N–H and O–H groups in total. The zero-order valence-electron chi connectivity index (χ0n) is 20.1. The number of aromatic nitrogens is 3. The van der Waals surface area contributed by atoms with E-state index in [1.54, 1.807) is 10.6 Å². The molecule has 0 spiro atoms. The Morgan fingerprint density at radius 1 is 1.11 bits per heavy atom. The molecule has 3 aliphatic heterocycles. The zero-order valence-corrected chi connectivity index (χ0v) is 20.1. The molecule has 1 aliphatic carbocycles. The summed E-state index contributed by atoms with van der Waals surface area (Å²) in [7, 11) is 0. The van der Waals surface area contributed by atoms with Gasteiger partial charge in [-0.2, -0.15) is 0 Å². The standard InChI is InChI=1S/C26H29N5O5/c1-16-2-3-17-4-7-22(34)31(24(17)28-16)13-20(32)26-10-8-25(9-11-26,15-36-26)27-12-18-5-6-19-23(29-18)30-21(33)14-35-19/h2-7,20,27,32H,8-15H2,1H3,(H,29,30,33). The topological polar surface area (TPSA) is 128 Å². The number of rotatable bonds is 6. The van der Waals surface area contributed by atoms with Crippen LogP contribution in [-0.2, 0) is 22.6 Å². The number of anilines is 1. The second-order valence-corrected chi connectivity index (χ2v) is 10.1. The van der Waals surface area contributed by atoms with Gasteiger partial charge in [0, 0.05) is 29.2 Å². The Hall–Kier alpha value is -3.34. The van der Waals surface area contributed by atoms with Crippen LogP contribution in [0.15, 0.2) is 41.2 Å². The molecule has 3 aromatic heterocycles. The van der Waals surface area contributed by atoms with Gasteiger partial charge in [0.25, 0.3) is 11.5 Å². The van der Waals surface area contributed by atoms with Crippen LogP contribution in [0.5, 0.6) is 5.75 Å². The number of hydrogen-bond acceptors (Lipinski definition) is 8. The lowest BCUT2D eigenvalue weighted by Gasteiger charge is -2.55. The van der Waals surface area contributed by atoms with Crippen molar-refractivity contribution in [2.75, 3.05) is 18.5 Å². The third-order valence-electron chi connectivity index (χ3n) is 7.80. The number of aliphatic hydroxyl groups excluding tert-OH is 1. The van der Waals surface area contributed by atoms with E-state index in [0.29, 0.717) is 43.2 Å². The molecule has 1 unspecified atom stereocenters. The van der Waals surface area contributed by atoms with E-state index >= 15 is 0 Å². The van der Waals surface area contributed by atoms with Crippen LogP contribution in [0.1, 0.15) is 37.1 Å². The number of nitrogens with one attached hydrogen (secondary N) is 2. The maximum absolute atomic E-state index is 12.7. The molecule has 7 rings (SSSR count). The van der Waals surface area contributed by atoms with Crippen LogP contribution in [0.4, 0.5) is 5.82 Å². The molecule has 10 nitrogen and oxygen atoms in total. The van der Waals surface area contributed by atoms with Gasteiger partial charge in [-0.05, 0) is 62.9 Å². The molecule has 0 aromatic carbocycles. The van der Waals surface area contributed by atoms with Crippen molar-refractivity contribution in [1.82, 2.24) is 19.9 Å². The van der Waals surface area contributed by atoms with E-state index in [0.717, 1.165) is 29.6 Å². The zero-order chi connectivity index (χ0) is 24.9. The number of fused-ring (bicyclic) bond motifs is 5. The van der Waals surface area contributed by atoms with E-state index in [2.05, 4.69) is 20.6 Å². The highest BCUT2D eigenvalue weighted by Crippen LogP contribution is 2.46. The van der Waals surface area contributed by atoms with E-state index in [9.17, 15) is 14.7 Å². The second-order valence-electron chi connectivity index (χ2n) is 10.1. The summed E-state index contributed by atoms with van der Waals surface area (Å²) in [5.74, 6) is 0.810. The van der Waals surface area contributed by atoms with Crippen molar-refractivity contribution in [2.45, 2.75) is 62.9 Å². The molecule has 3 aromatic rings. The van der Waals surface area contributed by atoms with E-state index in [1.807, 2.05) is 31.2 Å². The molecule has 2 bridgehead atoms. The first-order chi connectivity index (χ1) is 17.3. The van der Waals surface area contributed by atoms with Gasteiger partial charge in [0.05, 0.1) is 24.4 Å². The fourth-order valence-electron chi connectivity index (χ4n) is 5.53. The SMILES string of the molecule is Cc1ccc2ccc(=O)n(CC(O)C34CCC(NCc5ccc6c(n5)NC(=O)CO6)(CC3)CO4)c2n1. The lowest BCUT2D eigenvalue weighted by Crippen LogP contribution is -2.65. The normalized spacial score (nSPS) is 25.8. The summed E-state index contributed by atoms with van der Waals surface area (Å²) >= 11 is 0. The summed E-state index contributed by atoms with van der Waals surface area (Å²) in [6.45, 7) is 3.03. The quantitative estimate of drug-likeness (QED) is 0.475. The van der Waals surface area contributed by atoms with Crippen molar-refractivity contribution >= 4 is 22.8 Å². The van der Waals surface area contributed by atoms with Gasteiger partial charge in [-0.15, -0.1) is 0 Å². The van der Waals surface area contributed by atoms with Crippen LogP contribution in [0.3, 0.4) is 0 Å². The van der Waals surface area contributed by atoms with Crippen LogP contribution < -0.4 is 20.9 Å². The molecule has 6 heterocycles. The second kappa shape index (κ2) is 8.65. The van der Waals surface area contributed by atoms with E-state index < -0.39 is 11.7 Å². The van der Waals surface area contributed by atoms with Crippen LogP contribution in [0, 0.1) is 6.92 Å². The fourth-order valence-corrected chi connectivity index (χ4v) is 5.53. The van der Waals surface area contributed by atoms with Gasteiger partial charge in [-0.25, -0.2) is 9.97 Å². The minimum atomic E-state index is -0.827. The van der Waals surface area contributed by atoms with Gasteiger partial charge in [-0.3, -0.25) is 14.2 Å². The van der Waals surface area contributed by atoms with Crippen molar-refractivity contribution in [3.63, 3.8) is 0 Å². The average molecular weight is 492 g/mol. The molecular formula is C26H29N5O5. The van der Waals surface area contributed by atoms with Crippen molar-refractivity contribution in [2.24, 2.45) is 0 Å². The highest BCUT2D eigenvalue weighted by molar-refractivity contribution is 5.94. The Balaban J connectivity index is 1.13. The smallest absolute Gasteiger partial charge is 0.263 e. The van der Waals surface area contributed by atoms with Crippen molar-refractivity contribution in [1.29, 1.82) is 0 Å². The first kappa shape index (κ1) is 23.1. The van der Waals surface area contributed by atoms with E-state index in [1.165, 1.54) is 6.07 Å². The van der Waals surface area contributed by atoms with Gasteiger partial charge >= 0.3 is 0 Å². The average Bonchev–Trinajstić information content (AvgIpc) is 2.90. The van der Waals surface area contributed by atoms with Gasteiger partial charge < -0.3 is 25.2 Å². The molecular weight excluding hydrogens is 462 g/mol. The summed E-state index contributed by atoms with van der Waals surface area (Å²) in [5.41, 5.74) is 1.14. The lowest BCUT2D eigenvalue weighted by molar-refractivity contribution is -0.211. The van der Waals surface area contributed by atoms with Crippen LogP contribution >= 0.6 is 0 Å². The predicted octanol–water partition coefficient (Wildman–Crippen LogP) is 1.66. The van der Waals surface area contributed by atoms with E-state index in [-0.39, 0.29) is 30.2 Å². The summed E-state index contributed by atoms with van der Waals surface area (Å²) in [6.07, 6.45) is 2.24. The maximum atomic E-state index is 12.7. The minimum absolute atomic E-state index is 0.00557. The van der Waals surface area contributed by atoms with Crippen LogP contribution in [0.25, 0.3) is 11.0 Å². The highest BCUT2D eigenvalue weighted by Gasteiger charge is 2.53. The number of ether oxygens (including phenoxy) is 2. The van der Waals surface area contributed by atoms with Gasteiger partial charge in [0.2, 0.25) is 0 Å². The molecule has 188 valence electrons. The maximum Gasteiger partial charge on any atom is 0.263 e. The first-order valence-electron chi connectivity index (χ1n) is 12.3. The third-order valence-corrected chi connectivity index (χ3v) is 7.80. The molecule has 2 saturated heterocycles. The number of carbonyl (C=O) groups is 1. The number of aryl methyl sites for hydroxylation is 1. The largest absolute Gasteiger partial charge is 0.480 e. The number of carbonyl (C=O) groups excluding carboxylic acids is 1. The predicted molar refractivity (Wildman–Crippen MR) is 132 cm³/mol. The Bertz CT molecular complexity index is 1380. The van der Waals surface area contributed by atoms with Crippen molar-refractivity contribution in [3.05, 3.63) is 58.1 Å². The Labute approximate surface area is 207 Å². The fraction of sp³-hybridized carbons (Fsp3) is 0.462. The number of amides is 1. The van der Waals surface area contributed by atoms with Gasteiger partial charge in [0.15, 0.2) is 18.2 Å². The Morgan fingerprint density at radius 3 is 2.69 bits per heavy atom. The van der Waals surface area contributed by atoms with Crippen LogP contribution in [0.2, 0.25) is 0 Å².